The van der Waals surface area contributed by atoms with E-state index in [1.165, 1.54) is 37.5 Å². The smallest absolute Gasteiger partial charge is 0.242 e. The van der Waals surface area contributed by atoms with Crippen LogP contribution in [0.1, 0.15) is 11.1 Å². The Bertz CT molecular complexity index is 548. The van der Waals surface area contributed by atoms with Crippen LogP contribution in [0.25, 0.3) is 0 Å². The first-order valence-corrected chi connectivity index (χ1v) is 7.62. The summed E-state index contributed by atoms with van der Waals surface area (Å²) < 4.78 is 44.2. The molecule has 0 N–H and O–H groups in total. The molecule has 0 fully saturated rings. The Morgan fingerprint density at radius 3 is 2.58 bits per heavy atom. The standard InChI is InChI=1S/C12H17ClFNO3S/c1-9-6-11(7-10(8-13)12(9)14)19(16,17)15(2)4-5-18-3/h6-7H,4-5,8H2,1-3H3. The second-order valence-electron chi connectivity index (χ2n) is 4.17. The highest BCUT2D eigenvalue weighted by Gasteiger charge is 2.22. The van der Waals surface area contributed by atoms with E-state index in [2.05, 4.69) is 0 Å². The van der Waals surface area contributed by atoms with Crippen molar-refractivity contribution in [3.05, 3.63) is 29.1 Å². The molecule has 0 heterocycles. The molecule has 0 saturated heterocycles. The van der Waals surface area contributed by atoms with E-state index in [1.807, 2.05) is 0 Å². The van der Waals surface area contributed by atoms with E-state index in [1.54, 1.807) is 0 Å². The molecular formula is C12H17ClFNO3S. The lowest BCUT2D eigenvalue weighted by atomic mass is 10.1. The fraction of sp³-hybridized carbons (Fsp3) is 0.500. The van der Waals surface area contributed by atoms with Gasteiger partial charge in [-0.15, -0.1) is 11.6 Å². The maximum atomic E-state index is 13.7. The monoisotopic (exact) mass is 309 g/mol. The van der Waals surface area contributed by atoms with Crippen LogP contribution in [0.4, 0.5) is 4.39 Å². The number of hydrogen-bond donors (Lipinski definition) is 0. The summed E-state index contributed by atoms with van der Waals surface area (Å²) in [5, 5.41) is 0. The van der Waals surface area contributed by atoms with Gasteiger partial charge in [-0.1, -0.05) is 0 Å². The number of ether oxygens (including phenoxy) is 1. The van der Waals surface area contributed by atoms with Crippen LogP contribution in [-0.4, -0.2) is 40.0 Å². The summed E-state index contributed by atoms with van der Waals surface area (Å²) in [4.78, 5) is 0.0423. The molecule has 0 amide bonds. The molecule has 0 radical (unpaired) electrons. The van der Waals surface area contributed by atoms with Crippen molar-refractivity contribution in [1.29, 1.82) is 0 Å². The molecule has 0 aliphatic heterocycles. The van der Waals surface area contributed by atoms with Crippen molar-refractivity contribution in [3.63, 3.8) is 0 Å². The van der Waals surface area contributed by atoms with Crippen molar-refractivity contribution in [2.24, 2.45) is 0 Å². The summed E-state index contributed by atoms with van der Waals surface area (Å²) in [6.45, 7) is 2.03. The lowest BCUT2D eigenvalue weighted by Gasteiger charge is -2.18. The SMILES string of the molecule is COCCN(C)S(=O)(=O)c1cc(C)c(F)c(CCl)c1. The van der Waals surface area contributed by atoms with E-state index in [0.29, 0.717) is 0 Å². The molecule has 7 heteroatoms. The zero-order valence-corrected chi connectivity index (χ0v) is 12.7. The van der Waals surface area contributed by atoms with E-state index >= 15 is 0 Å². The molecule has 0 atom stereocenters. The average Bonchev–Trinajstić information content (AvgIpc) is 2.38. The summed E-state index contributed by atoms with van der Waals surface area (Å²) in [6, 6.07) is 2.58. The van der Waals surface area contributed by atoms with Gasteiger partial charge >= 0.3 is 0 Å². The van der Waals surface area contributed by atoms with Crippen molar-refractivity contribution < 1.29 is 17.5 Å². The minimum Gasteiger partial charge on any atom is -0.383 e. The molecule has 0 aliphatic rings. The number of halogens is 2. The maximum absolute atomic E-state index is 13.7. The van der Waals surface area contributed by atoms with Gasteiger partial charge in [0.15, 0.2) is 0 Å². The van der Waals surface area contributed by atoms with Crippen LogP contribution in [0, 0.1) is 12.7 Å². The predicted octanol–water partition coefficient (Wildman–Crippen LogP) is 2.14. The number of rotatable bonds is 6. The van der Waals surface area contributed by atoms with E-state index in [4.69, 9.17) is 16.3 Å². The number of hydrogen-bond acceptors (Lipinski definition) is 3. The number of likely N-dealkylation sites (N-methyl/N-ethyl adjacent to an activating group) is 1. The third-order valence-corrected chi connectivity index (χ3v) is 4.89. The van der Waals surface area contributed by atoms with Crippen LogP contribution in [-0.2, 0) is 20.6 Å². The van der Waals surface area contributed by atoms with Gasteiger partial charge in [0.1, 0.15) is 5.82 Å². The molecule has 0 aromatic heterocycles. The minimum absolute atomic E-state index is 0.0423. The Hall–Kier alpha value is -0.690. The molecule has 19 heavy (non-hydrogen) atoms. The number of sulfonamides is 1. The van der Waals surface area contributed by atoms with E-state index in [-0.39, 0.29) is 35.1 Å². The molecule has 1 aromatic rings. The lowest BCUT2D eigenvalue weighted by molar-refractivity contribution is 0.185. The molecule has 0 spiro atoms. The Balaban J connectivity index is 3.18. The molecule has 4 nitrogen and oxygen atoms in total. The maximum Gasteiger partial charge on any atom is 0.242 e. The molecule has 108 valence electrons. The predicted molar refractivity (Wildman–Crippen MR) is 72.4 cm³/mol. The first-order valence-electron chi connectivity index (χ1n) is 5.64. The third kappa shape index (κ3) is 3.66. The molecule has 0 aliphatic carbocycles. The largest absolute Gasteiger partial charge is 0.383 e. The Morgan fingerprint density at radius 1 is 1.42 bits per heavy atom. The van der Waals surface area contributed by atoms with Crippen LogP contribution < -0.4 is 0 Å². The number of benzene rings is 1. The van der Waals surface area contributed by atoms with Crippen molar-refractivity contribution in [3.8, 4) is 0 Å². The summed E-state index contributed by atoms with van der Waals surface area (Å²) in [7, 11) is -0.709. The fourth-order valence-corrected chi connectivity index (χ4v) is 3.06. The molecule has 0 saturated carbocycles. The molecular weight excluding hydrogens is 293 g/mol. The highest BCUT2D eigenvalue weighted by molar-refractivity contribution is 7.89. The van der Waals surface area contributed by atoms with Crippen LogP contribution in [0.2, 0.25) is 0 Å². The first-order chi connectivity index (χ1) is 8.84. The van der Waals surface area contributed by atoms with Crippen LogP contribution >= 0.6 is 11.6 Å². The fourth-order valence-electron chi connectivity index (χ4n) is 1.57. The summed E-state index contributed by atoms with van der Waals surface area (Å²) in [5.74, 6) is -0.536. The van der Waals surface area contributed by atoms with Gasteiger partial charge in [-0.25, -0.2) is 12.8 Å². The Morgan fingerprint density at radius 2 is 2.05 bits per heavy atom. The molecule has 1 rings (SSSR count). The van der Waals surface area contributed by atoms with Crippen molar-refractivity contribution in [2.45, 2.75) is 17.7 Å². The summed E-state index contributed by atoms with van der Waals surface area (Å²) >= 11 is 5.62. The quantitative estimate of drug-likeness (QED) is 0.756. The summed E-state index contributed by atoms with van der Waals surface area (Å²) in [5.41, 5.74) is 0.442. The lowest BCUT2D eigenvalue weighted by Crippen LogP contribution is -2.30. The first kappa shape index (κ1) is 16.4. The normalized spacial score (nSPS) is 12.1. The highest BCUT2D eigenvalue weighted by Crippen LogP contribution is 2.22. The van der Waals surface area contributed by atoms with Gasteiger partial charge in [0.2, 0.25) is 10.0 Å². The van der Waals surface area contributed by atoms with Gasteiger partial charge in [0.25, 0.3) is 0 Å². The number of methoxy groups -OCH3 is 1. The van der Waals surface area contributed by atoms with Gasteiger partial charge in [0, 0.05) is 26.3 Å². The molecule has 0 bridgehead atoms. The molecule has 0 unspecified atom stereocenters. The number of nitrogens with zero attached hydrogens (tertiary/aromatic N) is 1. The average molecular weight is 310 g/mol. The summed E-state index contributed by atoms with van der Waals surface area (Å²) in [6.07, 6.45) is 0. The minimum atomic E-state index is -3.66. The van der Waals surface area contributed by atoms with Crippen LogP contribution in [0.15, 0.2) is 17.0 Å². The second kappa shape index (κ2) is 6.65. The number of alkyl halides is 1. The third-order valence-electron chi connectivity index (χ3n) is 2.77. The van der Waals surface area contributed by atoms with E-state index in [0.717, 1.165) is 0 Å². The van der Waals surface area contributed by atoms with E-state index in [9.17, 15) is 12.8 Å². The van der Waals surface area contributed by atoms with E-state index < -0.39 is 15.8 Å². The van der Waals surface area contributed by atoms with Crippen molar-refractivity contribution >= 4 is 21.6 Å². The van der Waals surface area contributed by atoms with Crippen molar-refractivity contribution in [2.75, 3.05) is 27.3 Å². The Kier molecular flexibility index (Phi) is 5.73. The zero-order valence-electron chi connectivity index (χ0n) is 11.1. The van der Waals surface area contributed by atoms with Gasteiger partial charge in [-0.2, -0.15) is 4.31 Å². The second-order valence-corrected chi connectivity index (χ2v) is 6.48. The Labute approximate surface area is 118 Å². The van der Waals surface area contributed by atoms with Gasteiger partial charge < -0.3 is 4.74 Å². The highest BCUT2D eigenvalue weighted by atomic mass is 35.5. The van der Waals surface area contributed by atoms with Gasteiger partial charge in [-0.05, 0) is 24.6 Å². The van der Waals surface area contributed by atoms with Crippen LogP contribution in [0.3, 0.4) is 0 Å². The number of aryl methyl sites for hydroxylation is 1. The van der Waals surface area contributed by atoms with Gasteiger partial charge in [-0.3, -0.25) is 0 Å². The topological polar surface area (TPSA) is 46.6 Å². The zero-order chi connectivity index (χ0) is 14.6. The van der Waals surface area contributed by atoms with Crippen LogP contribution in [0.5, 0.6) is 0 Å². The van der Waals surface area contributed by atoms with Gasteiger partial charge in [0.05, 0.1) is 17.4 Å². The van der Waals surface area contributed by atoms with Crippen molar-refractivity contribution in [1.82, 2.24) is 4.31 Å². The molecule has 1 aromatic carbocycles.